The van der Waals surface area contributed by atoms with E-state index in [9.17, 15) is 14.4 Å². The number of benzene rings is 1. The third-order valence-corrected chi connectivity index (χ3v) is 3.69. The van der Waals surface area contributed by atoms with Gasteiger partial charge in [0.25, 0.3) is 0 Å². The molecule has 1 atom stereocenters. The van der Waals surface area contributed by atoms with Crippen LogP contribution in [0.2, 0.25) is 0 Å². The minimum absolute atomic E-state index is 0.109. The maximum atomic E-state index is 11.5. The molecule has 0 saturated heterocycles. The van der Waals surface area contributed by atoms with E-state index in [2.05, 4.69) is 0 Å². The molecule has 0 radical (unpaired) electrons. The molecule has 0 spiro atoms. The van der Waals surface area contributed by atoms with E-state index in [4.69, 9.17) is 0 Å². The van der Waals surface area contributed by atoms with Gasteiger partial charge in [-0.1, -0.05) is 51.1 Å². The van der Waals surface area contributed by atoms with Gasteiger partial charge in [0.1, 0.15) is 0 Å². The Morgan fingerprint density at radius 2 is 1.69 bits per heavy atom. The highest BCUT2D eigenvalue weighted by Gasteiger charge is 2.33. The van der Waals surface area contributed by atoms with Crippen LogP contribution in [-0.2, 0) is 4.57 Å². The first kappa shape index (κ1) is 13.4. The van der Waals surface area contributed by atoms with Crippen molar-refractivity contribution in [2.75, 3.05) is 0 Å². The lowest BCUT2D eigenvalue weighted by atomic mass is 9.88. The van der Waals surface area contributed by atoms with Crippen molar-refractivity contribution in [1.82, 2.24) is 0 Å². The molecule has 1 aromatic carbocycles. The Bertz CT molecular complexity index is 375. The molecule has 0 aliphatic heterocycles. The Labute approximate surface area is 96.7 Å². The predicted octanol–water partition coefficient (Wildman–Crippen LogP) is 3.34. The summed E-state index contributed by atoms with van der Waals surface area (Å²) in [4.78, 5) is 18.8. The van der Waals surface area contributed by atoms with E-state index in [-0.39, 0.29) is 5.41 Å². The smallest absolute Gasteiger partial charge is 0.324 e. The van der Waals surface area contributed by atoms with Crippen LogP contribution >= 0.6 is 7.60 Å². The van der Waals surface area contributed by atoms with Gasteiger partial charge in [-0.15, -0.1) is 0 Å². The molecule has 1 aromatic rings. The molecule has 2 N–H and O–H groups in total. The fourth-order valence-electron chi connectivity index (χ4n) is 1.69. The molecule has 1 rings (SSSR count). The van der Waals surface area contributed by atoms with Gasteiger partial charge in [0.05, 0.1) is 5.66 Å². The molecular weight excluding hydrogens is 223 g/mol. The second-order valence-corrected chi connectivity index (χ2v) is 7.08. The molecule has 0 aromatic heterocycles. The van der Waals surface area contributed by atoms with E-state index in [1.807, 2.05) is 26.8 Å². The van der Waals surface area contributed by atoms with E-state index in [1.165, 1.54) is 0 Å². The standard InChI is InChI=1S/C12H19O3P/c1-12(2,3)9-11(16(13,14)15)10-7-5-4-6-8-10/h4-8,11H,9H2,1-3H3,(H2,13,14,15). The fraction of sp³-hybridized carbons (Fsp3) is 0.500. The maximum Gasteiger partial charge on any atom is 0.332 e. The lowest BCUT2D eigenvalue weighted by molar-refractivity contribution is 0.314. The Hall–Kier alpha value is -0.630. The molecule has 90 valence electrons. The molecule has 0 amide bonds. The van der Waals surface area contributed by atoms with E-state index in [0.717, 1.165) is 0 Å². The monoisotopic (exact) mass is 242 g/mol. The largest absolute Gasteiger partial charge is 0.332 e. The van der Waals surface area contributed by atoms with Crippen LogP contribution in [-0.4, -0.2) is 9.79 Å². The van der Waals surface area contributed by atoms with Crippen LogP contribution in [0.25, 0.3) is 0 Å². The van der Waals surface area contributed by atoms with Gasteiger partial charge in [-0.05, 0) is 17.4 Å². The molecule has 1 unspecified atom stereocenters. The molecule has 3 nitrogen and oxygen atoms in total. The van der Waals surface area contributed by atoms with Crippen LogP contribution in [0.3, 0.4) is 0 Å². The first-order chi connectivity index (χ1) is 7.20. The highest BCUT2D eigenvalue weighted by Crippen LogP contribution is 2.56. The summed E-state index contributed by atoms with van der Waals surface area (Å²) in [6.45, 7) is 5.95. The Morgan fingerprint density at radius 1 is 1.19 bits per heavy atom. The van der Waals surface area contributed by atoms with Crippen LogP contribution in [0.1, 0.15) is 38.4 Å². The second kappa shape index (κ2) is 4.70. The minimum atomic E-state index is -4.09. The zero-order valence-corrected chi connectivity index (χ0v) is 10.8. The average molecular weight is 242 g/mol. The summed E-state index contributed by atoms with van der Waals surface area (Å²) in [5.74, 6) is 0. The van der Waals surface area contributed by atoms with Gasteiger partial charge in [-0.3, -0.25) is 4.57 Å². The number of hydrogen-bond donors (Lipinski definition) is 2. The molecule has 16 heavy (non-hydrogen) atoms. The van der Waals surface area contributed by atoms with Gasteiger partial charge in [-0.25, -0.2) is 0 Å². The molecule has 4 heteroatoms. The van der Waals surface area contributed by atoms with Crippen molar-refractivity contribution in [3.05, 3.63) is 35.9 Å². The summed E-state index contributed by atoms with van der Waals surface area (Å²) in [6, 6.07) is 9.00. The first-order valence-electron chi connectivity index (χ1n) is 5.30. The summed E-state index contributed by atoms with van der Waals surface area (Å²) in [6.07, 6.45) is 0.474. The zero-order valence-electron chi connectivity index (χ0n) is 9.92. The van der Waals surface area contributed by atoms with Crippen LogP contribution in [0.15, 0.2) is 30.3 Å². The summed E-state index contributed by atoms with van der Waals surface area (Å²) in [5.41, 5.74) is -0.0961. The van der Waals surface area contributed by atoms with Gasteiger partial charge in [-0.2, -0.15) is 0 Å². The highest BCUT2D eigenvalue weighted by molar-refractivity contribution is 7.52. The SMILES string of the molecule is CC(C)(C)CC(c1ccccc1)P(=O)(O)O. The van der Waals surface area contributed by atoms with Crippen molar-refractivity contribution >= 4 is 7.60 Å². The van der Waals surface area contributed by atoms with Crippen LogP contribution < -0.4 is 0 Å². The van der Waals surface area contributed by atoms with Crippen LogP contribution in [0, 0.1) is 5.41 Å². The topological polar surface area (TPSA) is 57.5 Å². The lowest BCUT2D eigenvalue weighted by Gasteiger charge is -2.26. The Kier molecular flexibility index (Phi) is 3.95. The minimum Gasteiger partial charge on any atom is -0.324 e. The molecule has 0 fully saturated rings. The molecule has 0 aliphatic carbocycles. The van der Waals surface area contributed by atoms with Crippen molar-refractivity contribution in [3.63, 3.8) is 0 Å². The molecule has 0 saturated carbocycles. The Morgan fingerprint density at radius 3 is 2.06 bits per heavy atom. The molecule has 0 bridgehead atoms. The predicted molar refractivity (Wildman–Crippen MR) is 65.3 cm³/mol. The van der Waals surface area contributed by atoms with Gasteiger partial charge in [0.2, 0.25) is 0 Å². The quantitative estimate of drug-likeness (QED) is 0.799. The lowest BCUT2D eigenvalue weighted by Crippen LogP contribution is -2.12. The Balaban J connectivity index is 3.03. The number of rotatable bonds is 3. The van der Waals surface area contributed by atoms with Gasteiger partial charge in [0, 0.05) is 0 Å². The van der Waals surface area contributed by atoms with E-state index < -0.39 is 13.3 Å². The third-order valence-electron chi connectivity index (χ3n) is 2.40. The van der Waals surface area contributed by atoms with Crippen LogP contribution in [0.5, 0.6) is 0 Å². The van der Waals surface area contributed by atoms with Crippen molar-refractivity contribution in [2.45, 2.75) is 32.9 Å². The summed E-state index contributed by atoms with van der Waals surface area (Å²) < 4.78 is 11.5. The highest BCUT2D eigenvalue weighted by atomic mass is 31.2. The second-order valence-electron chi connectivity index (χ2n) is 5.28. The number of hydrogen-bond acceptors (Lipinski definition) is 1. The van der Waals surface area contributed by atoms with Crippen LogP contribution in [0.4, 0.5) is 0 Å². The zero-order chi connectivity index (χ0) is 12.4. The molecule has 0 aliphatic rings. The first-order valence-corrected chi connectivity index (χ1v) is 6.98. The van der Waals surface area contributed by atoms with Crippen molar-refractivity contribution in [3.8, 4) is 0 Å². The van der Waals surface area contributed by atoms with Crippen molar-refractivity contribution in [1.29, 1.82) is 0 Å². The van der Waals surface area contributed by atoms with Gasteiger partial charge >= 0.3 is 7.60 Å². The summed E-state index contributed by atoms with van der Waals surface area (Å²) >= 11 is 0. The van der Waals surface area contributed by atoms with Gasteiger partial charge in [0.15, 0.2) is 0 Å². The molecular formula is C12H19O3P. The van der Waals surface area contributed by atoms with E-state index in [0.29, 0.717) is 12.0 Å². The van der Waals surface area contributed by atoms with Crippen molar-refractivity contribution in [2.24, 2.45) is 5.41 Å². The van der Waals surface area contributed by atoms with E-state index in [1.54, 1.807) is 24.3 Å². The fourth-order valence-corrected chi connectivity index (χ4v) is 3.03. The average Bonchev–Trinajstić information content (AvgIpc) is 2.13. The third kappa shape index (κ3) is 4.09. The molecule has 0 heterocycles. The maximum absolute atomic E-state index is 11.5. The normalized spacial score (nSPS) is 14.8. The van der Waals surface area contributed by atoms with Gasteiger partial charge < -0.3 is 9.79 Å². The van der Waals surface area contributed by atoms with E-state index >= 15 is 0 Å². The summed E-state index contributed by atoms with van der Waals surface area (Å²) in [7, 11) is -4.09. The van der Waals surface area contributed by atoms with Crippen molar-refractivity contribution < 1.29 is 14.4 Å². The summed E-state index contributed by atoms with van der Waals surface area (Å²) in [5, 5.41) is 0.